The van der Waals surface area contributed by atoms with Gasteiger partial charge in [0.2, 0.25) is 0 Å². The second-order valence-corrected chi connectivity index (χ2v) is 7.76. The summed E-state index contributed by atoms with van der Waals surface area (Å²) in [5, 5.41) is 6.02. The Balaban J connectivity index is 1.68. The van der Waals surface area contributed by atoms with Crippen LogP contribution in [0.5, 0.6) is 0 Å². The molecule has 0 bridgehead atoms. The fourth-order valence-corrected chi connectivity index (χ4v) is 3.61. The third-order valence-corrected chi connectivity index (χ3v) is 5.39. The molecule has 1 aromatic carbocycles. The molecule has 1 aliphatic rings. The molecule has 2 N–H and O–H groups in total. The maximum atomic E-state index is 12.1. The Labute approximate surface area is 159 Å². The minimum absolute atomic E-state index is 0.0735. The Hall–Kier alpha value is -1.59. The Kier molecular flexibility index (Phi) is 8.39. The van der Waals surface area contributed by atoms with E-state index in [-0.39, 0.29) is 12.1 Å². The lowest BCUT2D eigenvalue weighted by molar-refractivity contribution is 0.159. The zero-order chi connectivity index (χ0) is 18.9. The molecule has 26 heavy (non-hydrogen) atoms. The Bertz CT molecular complexity index is 543. The predicted octanol–water partition coefficient (Wildman–Crippen LogP) is 3.16. The predicted molar refractivity (Wildman–Crippen MR) is 109 cm³/mol. The van der Waals surface area contributed by atoms with Gasteiger partial charge in [-0.1, -0.05) is 36.2 Å². The second-order valence-electron chi connectivity index (χ2n) is 7.76. The number of nitrogens with one attached hydrogen (secondary N) is 2. The van der Waals surface area contributed by atoms with Crippen LogP contribution in [0.3, 0.4) is 0 Å². The van der Waals surface area contributed by atoms with Crippen molar-refractivity contribution in [3.05, 3.63) is 35.4 Å². The van der Waals surface area contributed by atoms with E-state index in [9.17, 15) is 4.79 Å². The van der Waals surface area contributed by atoms with Crippen molar-refractivity contribution in [1.29, 1.82) is 0 Å². The molecule has 5 heteroatoms. The minimum atomic E-state index is -0.0735. The Morgan fingerprint density at radius 2 is 1.96 bits per heavy atom. The molecule has 0 saturated carbocycles. The van der Waals surface area contributed by atoms with Crippen LogP contribution in [0.25, 0.3) is 0 Å². The summed E-state index contributed by atoms with van der Waals surface area (Å²) in [5.41, 5.74) is 2.47. The highest BCUT2D eigenvalue weighted by atomic mass is 16.2. The van der Waals surface area contributed by atoms with E-state index in [1.54, 1.807) is 0 Å². The average Bonchev–Trinajstić information content (AvgIpc) is 2.61. The van der Waals surface area contributed by atoms with Gasteiger partial charge >= 0.3 is 6.03 Å². The largest absolute Gasteiger partial charge is 0.338 e. The van der Waals surface area contributed by atoms with E-state index < -0.39 is 0 Å². The first-order valence-corrected chi connectivity index (χ1v) is 9.96. The zero-order valence-electron chi connectivity index (χ0n) is 16.9. The zero-order valence-corrected chi connectivity index (χ0v) is 16.9. The molecule has 2 amide bonds. The van der Waals surface area contributed by atoms with Gasteiger partial charge < -0.3 is 20.4 Å². The van der Waals surface area contributed by atoms with Crippen molar-refractivity contribution in [1.82, 2.24) is 20.4 Å². The number of hydrogen-bond donors (Lipinski definition) is 2. The smallest absolute Gasteiger partial charge is 0.314 e. The molecule has 5 nitrogen and oxygen atoms in total. The molecule has 0 radical (unpaired) electrons. The van der Waals surface area contributed by atoms with Crippen LogP contribution >= 0.6 is 0 Å². The van der Waals surface area contributed by atoms with Gasteiger partial charge in [0.15, 0.2) is 0 Å². The summed E-state index contributed by atoms with van der Waals surface area (Å²) in [5.74, 6) is 0. The molecular formula is C21H36N4O. The SMILES string of the molecule is Cc1ccc(C(CNC(=O)NCCCN2CCCCC2C)N(C)C)cc1. The van der Waals surface area contributed by atoms with Crippen LogP contribution in [-0.4, -0.2) is 62.1 Å². The quantitative estimate of drug-likeness (QED) is 0.700. The molecule has 1 heterocycles. The number of likely N-dealkylation sites (tertiary alicyclic amines) is 1. The average molecular weight is 361 g/mol. The highest BCUT2D eigenvalue weighted by Crippen LogP contribution is 2.18. The number of rotatable bonds is 8. The van der Waals surface area contributed by atoms with Gasteiger partial charge in [0.25, 0.3) is 0 Å². The number of amides is 2. The molecule has 2 unspecified atom stereocenters. The summed E-state index contributed by atoms with van der Waals surface area (Å²) in [6, 6.07) is 9.30. The van der Waals surface area contributed by atoms with Crippen molar-refractivity contribution in [2.75, 3.05) is 40.3 Å². The van der Waals surface area contributed by atoms with Gasteiger partial charge in [0.1, 0.15) is 0 Å². The fraction of sp³-hybridized carbons (Fsp3) is 0.667. The van der Waals surface area contributed by atoms with Crippen LogP contribution in [0.15, 0.2) is 24.3 Å². The Morgan fingerprint density at radius 3 is 2.62 bits per heavy atom. The topological polar surface area (TPSA) is 47.6 Å². The van der Waals surface area contributed by atoms with Gasteiger partial charge in [-0.25, -0.2) is 4.79 Å². The molecule has 0 aromatic heterocycles. The summed E-state index contributed by atoms with van der Waals surface area (Å²) in [6.07, 6.45) is 4.97. The number of aryl methyl sites for hydroxylation is 1. The van der Waals surface area contributed by atoms with Gasteiger partial charge in [0, 0.05) is 25.7 Å². The van der Waals surface area contributed by atoms with Crippen molar-refractivity contribution < 1.29 is 4.79 Å². The second kappa shape index (κ2) is 10.5. The number of benzene rings is 1. The summed E-state index contributed by atoms with van der Waals surface area (Å²) >= 11 is 0. The maximum absolute atomic E-state index is 12.1. The number of nitrogens with zero attached hydrogens (tertiary/aromatic N) is 2. The van der Waals surface area contributed by atoms with E-state index in [4.69, 9.17) is 0 Å². The third kappa shape index (κ3) is 6.61. The van der Waals surface area contributed by atoms with E-state index in [0.29, 0.717) is 12.6 Å². The first-order chi connectivity index (χ1) is 12.5. The highest BCUT2D eigenvalue weighted by Gasteiger charge is 2.17. The van der Waals surface area contributed by atoms with Crippen molar-refractivity contribution in [3.63, 3.8) is 0 Å². The van der Waals surface area contributed by atoms with Gasteiger partial charge in [-0.05, 0) is 59.3 Å². The minimum Gasteiger partial charge on any atom is -0.338 e. The normalized spacial score (nSPS) is 19.3. The number of hydrogen-bond acceptors (Lipinski definition) is 3. The molecular weight excluding hydrogens is 324 g/mol. The van der Waals surface area contributed by atoms with Crippen LogP contribution in [0, 0.1) is 6.92 Å². The molecule has 1 aromatic rings. The van der Waals surface area contributed by atoms with E-state index >= 15 is 0 Å². The molecule has 0 aliphatic carbocycles. The van der Waals surface area contributed by atoms with Gasteiger partial charge in [0.05, 0.1) is 6.04 Å². The summed E-state index contributed by atoms with van der Waals surface area (Å²) in [4.78, 5) is 16.8. The molecule has 2 atom stereocenters. The van der Waals surface area contributed by atoms with Crippen molar-refractivity contribution >= 4 is 6.03 Å². The monoisotopic (exact) mass is 360 g/mol. The van der Waals surface area contributed by atoms with Crippen LogP contribution in [0.1, 0.15) is 49.8 Å². The number of urea groups is 1. The third-order valence-electron chi connectivity index (χ3n) is 5.39. The van der Waals surface area contributed by atoms with E-state index in [0.717, 1.165) is 19.5 Å². The number of carbonyl (C=O) groups is 1. The molecule has 1 aliphatic heterocycles. The van der Waals surface area contributed by atoms with Crippen LogP contribution in [0.4, 0.5) is 4.79 Å². The lowest BCUT2D eigenvalue weighted by Gasteiger charge is -2.33. The van der Waals surface area contributed by atoms with Gasteiger partial charge in [-0.2, -0.15) is 0 Å². The summed E-state index contributed by atoms with van der Waals surface area (Å²) in [7, 11) is 4.09. The molecule has 0 spiro atoms. The Morgan fingerprint density at radius 1 is 1.23 bits per heavy atom. The lowest BCUT2D eigenvalue weighted by Crippen LogP contribution is -2.42. The van der Waals surface area contributed by atoms with Crippen LogP contribution in [0.2, 0.25) is 0 Å². The van der Waals surface area contributed by atoms with Crippen LogP contribution < -0.4 is 10.6 Å². The van der Waals surface area contributed by atoms with Gasteiger partial charge in [-0.3, -0.25) is 0 Å². The summed E-state index contributed by atoms with van der Waals surface area (Å²) < 4.78 is 0. The summed E-state index contributed by atoms with van der Waals surface area (Å²) in [6.45, 7) is 8.01. The fourth-order valence-electron chi connectivity index (χ4n) is 3.61. The molecule has 2 rings (SSSR count). The lowest BCUT2D eigenvalue weighted by atomic mass is 10.0. The van der Waals surface area contributed by atoms with E-state index in [1.165, 1.54) is 36.9 Å². The number of piperidine rings is 1. The van der Waals surface area contributed by atoms with E-state index in [1.807, 2.05) is 14.1 Å². The van der Waals surface area contributed by atoms with E-state index in [2.05, 4.69) is 58.5 Å². The molecule has 1 fully saturated rings. The highest BCUT2D eigenvalue weighted by molar-refractivity contribution is 5.73. The number of likely N-dealkylation sites (N-methyl/N-ethyl adjacent to an activating group) is 1. The first kappa shape index (κ1) is 20.7. The first-order valence-electron chi connectivity index (χ1n) is 9.96. The molecule has 1 saturated heterocycles. The maximum Gasteiger partial charge on any atom is 0.314 e. The van der Waals surface area contributed by atoms with Gasteiger partial charge in [-0.15, -0.1) is 0 Å². The number of carbonyl (C=O) groups excluding carboxylic acids is 1. The van der Waals surface area contributed by atoms with Crippen molar-refractivity contribution in [3.8, 4) is 0 Å². The standard InChI is InChI=1S/C21H36N4O/c1-17-9-11-19(12-10-17)20(24(3)4)16-23-21(26)22-13-7-15-25-14-6-5-8-18(25)2/h9-12,18,20H,5-8,13-16H2,1-4H3,(H2,22,23,26). The van der Waals surface area contributed by atoms with Crippen LogP contribution in [-0.2, 0) is 0 Å². The van der Waals surface area contributed by atoms with Crippen molar-refractivity contribution in [2.24, 2.45) is 0 Å². The molecule has 146 valence electrons. The van der Waals surface area contributed by atoms with Crippen molar-refractivity contribution in [2.45, 2.75) is 51.6 Å².